The molecule has 0 aromatic heterocycles. The lowest BCUT2D eigenvalue weighted by atomic mass is 10.4. The molecule has 0 spiro atoms. The molecule has 0 aliphatic heterocycles. The van der Waals surface area contributed by atoms with Crippen LogP contribution in [0.5, 0.6) is 0 Å². The molecule has 12 heavy (non-hydrogen) atoms. The molecule has 4 N–H and O–H groups in total. The van der Waals surface area contributed by atoms with Gasteiger partial charge in [-0.25, -0.2) is 4.21 Å². The standard InChI is InChI=1S/C6H9NO3S2/c7-11(12(8,9)10)6-4-2-1-3-5-6/h1-5H,7H2,(H2,8,9,10). The van der Waals surface area contributed by atoms with Gasteiger partial charge in [0.05, 0.1) is 0 Å². The van der Waals surface area contributed by atoms with Gasteiger partial charge in [0, 0.05) is 14.5 Å². The smallest absolute Gasteiger partial charge is 0.241 e. The van der Waals surface area contributed by atoms with Crippen molar-refractivity contribution in [2.24, 2.45) is 5.14 Å². The summed E-state index contributed by atoms with van der Waals surface area (Å²) in [5, 5.41) is 5.32. The van der Waals surface area contributed by atoms with Gasteiger partial charge < -0.3 is 0 Å². The molecule has 6 heteroatoms. The van der Waals surface area contributed by atoms with Crippen molar-refractivity contribution >= 4 is 18.7 Å². The van der Waals surface area contributed by atoms with Crippen molar-refractivity contribution < 1.29 is 13.3 Å². The fraction of sp³-hybridized carbons (Fsp3) is 0. The minimum Gasteiger partial charge on any atom is -0.288 e. The third kappa shape index (κ3) is 2.29. The summed E-state index contributed by atoms with van der Waals surface area (Å²) in [6.45, 7) is 0. The maximum Gasteiger partial charge on any atom is 0.241 e. The minimum absolute atomic E-state index is 0.465. The van der Waals surface area contributed by atoms with Crippen LogP contribution in [0, 0.1) is 0 Å². The van der Waals surface area contributed by atoms with Crippen LogP contribution in [0.1, 0.15) is 0 Å². The van der Waals surface area contributed by atoms with E-state index in [1.54, 1.807) is 30.3 Å². The fourth-order valence-corrected chi connectivity index (χ4v) is 2.44. The summed E-state index contributed by atoms with van der Waals surface area (Å²) in [4.78, 5) is 0.465. The Morgan fingerprint density at radius 1 is 1.25 bits per heavy atom. The van der Waals surface area contributed by atoms with Gasteiger partial charge in [0.15, 0.2) is 0 Å². The normalized spacial score (nSPS) is 14.2. The average Bonchev–Trinajstić information content (AvgIpc) is 2.03. The fourth-order valence-electron chi connectivity index (χ4n) is 0.680. The van der Waals surface area contributed by atoms with Gasteiger partial charge in [0.1, 0.15) is 0 Å². The summed E-state index contributed by atoms with van der Waals surface area (Å²) in [5.74, 6) is 0. The second-order valence-corrected chi connectivity index (χ2v) is 6.40. The highest BCUT2D eigenvalue weighted by atomic mass is 32.9. The Labute approximate surface area is 72.8 Å². The van der Waals surface area contributed by atoms with Crippen molar-refractivity contribution in [2.45, 2.75) is 4.90 Å². The Kier molecular flexibility index (Phi) is 2.86. The molecule has 0 saturated heterocycles. The van der Waals surface area contributed by atoms with Crippen LogP contribution in [-0.2, 0) is 18.7 Å². The van der Waals surface area contributed by atoms with Gasteiger partial charge in [0.2, 0.25) is 9.05 Å². The molecule has 0 bridgehead atoms. The Morgan fingerprint density at radius 3 is 2.17 bits per heavy atom. The molecule has 1 unspecified atom stereocenters. The van der Waals surface area contributed by atoms with Crippen LogP contribution in [0.3, 0.4) is 0 Å². The highest BCUT2D eigenvalue weighted by molar-refractivity contribution is 8.41. The number of benzene rings is 1. The predicted molar refractivity (Wildman–Crippen MR) is 49.7 cm³/mol. The zero-order valence-electron chi connectivity index (χ0n) is 6.08. The molecule has 0 aliphatic rings. The van der Waals surface area contributed by atoms with Crippen LogP contribution < -0.4 is 5.14 Å². The summed E-state index contributed by atoms with van der Waals surface area (Å²) < 4.78 is 28.1. The van der Waals surface area contributed by atoms with Gasteiger partial charge in [-0.15, -0.1) is 0 Å². The van der Waals surface area contributed by atoms with Crippen molar-refractivity contribution in [1.29, 1.82) is 0 Å². The molecule has 1 aromatic carbocycles. The van der Waals surface area contributed by atoms with E-state index < -0.39 is 18.7 Å². The third-order valence-electron chi connectivity index (χ3n) is 1.21. The van der Waals surface area contributed by atoms with Gasteiger partial charge in [-0.2, -0.15) is 0 Å². The SMILES string of the molecule is NS(c1ccccc1)=S(=O)(O)O. The Morgan fingerprint density at radius 2 is 1.75 bits per heavy atom. The van der Waals surface area contributed by atoms with E-state index in [0.29, 0.717) is 4.90 Å². The van der Waals surface area contributed by atoms with Crippen LogP contribution in [0.25, 0.3) is 0 Å². The van der Waals surface area contributed by atoms with E-state index in [9.17, 15) is 4.21 Å². The largest absolute Gasteiger partial charge is 0.288 e. The van der Waals surface area contributed by atoms with Crippen LogP contribution >= 0.6 is 0 Å². The molecule has 1 atom stereocenters. The molecule has 0 heterocycles. The van der Waals surface area contributed by atoms with E-state index in [0.717, 1.165) is 0 Å². The molecule has 1 aromatic rings. The molecular formula is C6H9NO3S2. The van der Waals surface area contributed by atoms with E-state index in [1.807, 2.05) is 0 Å². The first-order chi connectivity index (χ1) is 5.52. The third-order valence-corrected chi connectivity index (χ3v) is 4.39. The zero-order chi connectivity index (χ0) is 9.19. The number of hydrogen-bond acceptors (Lipinski definition) is 1. The van der Waals surface area contributed by atoms with E-state index >= 15 is 0 Å². The number of rotatable bonds is 1. The molecular weight excluding hydrogens is 198 g/mol. The van der Waals surface area contributed by atoms with Gasteiger partial charge >= 0.3 is 0 Å². The minimum atomic E-state index is -3.90. The monoisotopic (exact) mass is 207 g/mol. The highest BCUT2D eigenvalue weighted by Crippen LogP contribution is 2.05. The molecule has 0 saturated carbocycles. The second kappa shape index (κ2) is 3.55. The molecule has 0 amide bonds. The first-order valence-electron chi connectivity index (χ1n) is 3.05. The lowest BCUT2D eigenvalue weighted by Crippen LogP contribution is -2.14. The molecule has 68 valence electrons. The molecule has 0 fully saturated rings. The van der Waals surface area contributed by atoms with Crippen LogP contribution in [0.15, 0.2) is 35.2 Å². The lowest BCUT2D eigenvalue weighted by molar-refractivity contribution is 0.449. The summed E-state index contributed by atoms with van der Waals surface area (Å²) in [7, 11) is -5.41. The highest BCUT2D eigenvalue weighted by Gasteiger charge is 2.03. The topological polar surface area (TPSA) is 83.6 Å². The Balaban J connectivity index is 3.28. The Hall–Kier alpha value is -0.400. The van der Waals surface area contributed by atoms with Gasteiger partial charge in [-0.05, 0) is 12.1 Å². The summed E-state index contributed by atoms with van der Waals surface area (Å²) in [6.07, 6.45) is 0. The molecule has 4 nitrogen and oxygen atoms in total. The van der Waals surface area contributed by atoms with Gasteiger partial charge in [-0.3, -0.25) is 14.2 Å². The molecule has 1 rings (SSSR count). The van der Waals surface area contributed by atoms with Crippen molar-refractivity contribution in [1.82, 2.24) is 0 Å². The van der Waals surface area contributed by atoms with Gasteiger partial charge in [-0.1, -0.05) is 18.2 Å². The number of hydrogen-bond donors (Lipinski definition) is 3. The maximum atomic E-state index is 10.7. The average molecular weight is 207 g/mol. The van der Waals surface area contributed by atoms with Gasteiger partial charge in [0.25, 0.3) is 0 Å². The van der Waals surface area contributed by atoms with Crippen LogP contribution in [0.2, 0.25) is 0 Å². The second-order valence-electron chi connectivity index (χ2n) is 2.06. The van der Waals surface area contributed by atoms with E-state index in [4.69, 9.17) is 14.2 Å². The first-order valence-corrected chi connectivity index (χ1v) is 6.33. The van der Waals surface area contributed by atoms with Crippen LogP contribution in [-0.4, -0.2) is 13.3 Å². The first kappa shape index (κ1) is 9.69. The quantitative estimate of drug-likeness (QED) is 0.632. The van der Waals surface area contributed by atoms with E-state index in [2.05, 4.69) is 0 Å². The van der Waals surface area contributed by atoms with Crippen molar-refractivity contribution in [3.05, 3.63) is 30.3 Å². The Bertz CT molecular complexity index is 373. The number of nitrogens with two attached hydrogens (primary N) is 1. The van der Waals surface area contributed by atoms with Crippen LogP contribution in [0.4, 0.5) is 0 Å². The summed E-state index contributed by atoms with van der Waals surface area (Å²) in [5.41, 5.74) is 0. The zero-order valence-corrected chi connectivity index (χ0v) is 7.72. The van der Waals surface area contributed by atoms with Crippen molar-refractivity contribution in [2.75, 3.05) is 0 Å². The molecule has 0 radical (unpaired) electrons. The summed E-state index contributed by atoms with van der Waals surface area (Å²) >= 11 is 0. The van der Waals surface area contributed by atoms with Crippen molar-refractivity contribution in [3.63, 3.8) is 0 Å². The molecule has 0 aliphatic carbocycles. The lowest BCUT2D eigenvalue weighted by Gasteiger charge is -2.02. The van der Waals surface area contributed by atoms with E-state index in [-0.39, 0.29) is 0 Å². The summed E-state index contributed by atoms with van der Waals surface area (Å²) in [6, 6.07) is 8.32. The predicted octanol–water partition coefficient (Wildman–Crippen LogP) is 0.683. The van der Waals surface area contributed by atoms with E-state index in [1.165, 1.54) is 0 Å². The maximum absolute atomic E-state index is 10.7. The van der Waals surface area contributed by atoms with Crippen molar-refractivity contribution in [3.8, 4) is 0 Å².